The normalized spacial score (nSPS) is 12.6. The Morgan fingerprint density at radius 1 is 0.964 bits per heavy atom. The van der Waals surface area contributed by atoms with Gasteiger partial charge in [-0.25, -0.2) is 8.42 Å². The number of sulfonamides is 1. The van der Waals surface area contributed by atoms with E-state index >= 15 is 0 Å². The van der Waals surface area contributed by atoms with Crippen LogP contribution in [0.1, 0.15) is 28.3 Å². The van der Waals surface area contributed by atoms with Gasteiger partial charge in [-0.1, -0.05) is 65.7 Å². The maximum absolute atomic E-state index is 13.2. The molecule has 4 nitrogen and oxygen atoms in total. The van der Waals surface area contributed by atoms with Crippen LogP contribution in [-0.2, 0) is 10.0 Å². The highest BCUT2D eigenvalue weighted by atomic mass is 35.5. The first-order valence-corrected chi connectivity index (χ1v) is 10.7. The number of rotatable bonds is 6. The van der Waals surface area contributed by atoms with Crippen LogP contribution in [0.2, 0.25) is 5.02 Å². The lowest BCUT2D eigenvalue weighted by molar-refractivity contribution is 0.402. The highest BCUT2D eigenvalue weighted by Crippen LogP contribution is 2.31. The van der Waals surface area contributed by atoms with Gasteiger partial charge in [0, 0.05) is 5.02 Å². The Morgan fingerprint density at radius 3 is 2.32 bits per heavy atom. The van der Waals surface area contributed by atoms with Crippen molar-refractivity contribution in [2.24, 2.45) is 0 Å². The first kappa shape index (κ1) is 20.4. The van der Waals surface area contributed by atoms with E-state index in [0.29, 0.717) is 5.02 Å². The molecule has 0 saturated carbocycles. The first-order valence-electron chi connectivity index (χ1n) is 8.80. The van der Waals surface area contributed by atoms with E-state index in [1.165, 1.54) is 13.2 Å². The highest BCUT2D eigenvalue weighted by Gasteiger charge is 2.26. The summed E-state index contributed by atoms with van der Waals surface area (Å²) < 4.78 is 34.6. The molecule has 146 valence electrons. The molecule has 1 unspecified atom stereocenters. The number of halogens is 1. The molecule has 28 heavy (non-hydrogen) atoms. The van der Waals surface area contributed by atoms with Crippen molar-refractivity contribution in [1.82, 2.24) is 4.72 Å². The Hall–Kier alpha value is -2.34. The van der Waals surface area contributed by atoms with Crippen molar-refractivity contribution in [3.63, 3.8) is 0 Å². The molecule has 6 heteroatoms. The maximum Gasteiger partial charge on any atom is 0.245 e. The van der Waals surface area contributed by atoms with Gasteiger partial charge in [-0.2, -0.15) is 4.72 Å². The molecule has 0 spiro atoms. The molecule has 3 rings (SSSR count). The fraction of sp³-hybridized carbons (Fsp3) is 0.182. The molecular formula is C22H22ClNO3S. The lowest BCUT2D eigenvalue weighted by Crippen LogP contribution is -2.30. The highest BCUT2D eigenvalue weighted by molar-refractivity contribution is 7.89. The van der Waals surface area contributed by atoms with Crippen LogP contribution in [0.4, 0.5) is 0 Å². The molecule has 0 radical (unpaired) electrons. The van der Waals surface area contributed by atoms with Crippen LogP contribution >= 0.6 is 11.6 Å². The number of ether oxygens (including phenoxy) is 1. The topological polar surface area (TPSA) is 55.4 Å². The van der Waals surface area contributed by atoms with Crippen LogP contribution in [0, 0.1) is 13.8 Å². The Labute approximate surface area is 171 Å². The van der Waals surface area contributed by atoms with Gasteiger partial charge in [0.15, 0.2) is 0 Å². The Kier molecular flexibility index (Phi) is 6.08. The van der Waals surface area contributed by atoms with Gasteiger partial charge < -0.3 is 4.74 Å². The summed E-state index contributed by atoms with van der Waals surface area (Å²) in [6.07, 6.45) is 0. The molecule has 0 fully saturated rings. The maximum atomic E-state index is 13.2. The second kappa shape index (κ2) is 8.35. The minimum atomic E-state index is -3.91. The van der Waals surface area contributed by atoms with Crippen molar-refractivity contribution in [3.8, 4) is 5.75 Å². The zero-order valence-corrected chi connectivity index (χ0v) is 17.5. The van der Waals surface area contributed by atoms with Crippen molar-refractivity contribution in [1.29, 1.82) is 0 Å². The summed E-state index contributed by atoms with van der Waals surface area (Å²) in [7, 11) is -2.48. The third-order valence-corrected chi connectivity index (χ3v) is 6.24. The standard InChI is InChI=1S/C22H22ClNO3S/c1-15-9-11-19(16(2)13-15)22(17-7-5-4-6-8-17)24-28(25,26)21-14-18(23)10-12-20(21)27-3/h4-14,22,24H,1-3H3. The van der Waals surface area contributed by atoms with Crippen molar-refractivity contribution >= 4 is 21.6 Å². The molecule has 1 N–H and O–H groups in total. The van der Waals surface area contributed by atoms with Crippen LogP contribution in [0.3, 0.4) is 0 Å². The fourth-order valence-corrected chi connectivity index (χ4v) is 4.82. The second-order valence-corrected chi connectivity index (χ2v) is 8.74. The molecule has 1 atom stereocenters. The molecule has 3 aromatic carbocycles. The number of hydrogen-bond donors (Lipinski definition) is 1. The third kappa shape index (κ3) is 4.38. The van der Waals surface area contributed by atoms with Crippen molar-refractivity contribution in [2.45, 2.75) is 24.8 Å². The minimum Gasteiger partial charge on any atom is -0.495 e. The summed E-state index contributed by atoms with van der Waals surface area (Å²) in [5.74, 6) is 0.240. The van der Waals surface area contributed by atoms with Gasteiger partial charge in [-0.05, 0) is 48.7 Å². The van der Waals surface area contributed by atoms with Gasteiger partial charge in [-0.15, -0.1) is 0 Å². The molecule has 0 aliphatic heterocycles. The van der Waals surface area contributed by atoms with Crippen molar-refractivity contribution in [3.05, 3.63) is 94.0 Å². The summed E-state index contributed by atoms with van der Waals surface area (Å²) in [6.45, 7) is 3.99. The smallest absolute Gasteiger partial charge is 0.245 e. The number of benzene rings is 3. The summed E-state index contributed by atoms with van der Waals surface area (Å²) in [6, 6.07) is 19.5. The quantitative estimate of drug-likeness (QED) is 0.614. The predicted octanol–water partition coefficient (Wildman–Crippen LogP) is 5.03. The van der Waals surface area contributed by atoms with Crippen LogP contribution in [-0.4, -0.2) is 15.5 Å². The summed E-state index contributed by atoms with van der Waals surface area (Å²) >= 11 is 6.05. The van der Waals surface area contributed by atoms with Crippen LogP contribution < -0.4 is 9.46 Å². The zero-order valence-electron chi connectivity index (χ0n) is 15.9. The number of hydrogen-bond acceptors (Lipinski definition) is 3. The van der Waals surface area contributed by atoms with E-state index in [4.69, 9.17) is 16.3 Å². The van der Waals surface area contributed by atoms with Gasteiger partial charge in [0.05, 0.1) is 13.2 Å². The third-order valence-electron chi connectivity index (χ3n) is 4.56. The lowest BCUT2D eigenvalue weighted by atomic mass is 9.95. The molecule has 0 heterocycles. The summed E-state index contributed by atoms with van der Waals surface area (Å²) in [5.41, 5.74) is 3.86. The van der Waals surface area contributed by atoms with E-state index < -0.39 is 16.1 Å². The summed E-state index contributed by atoms with van der Waals surface area (Å²) in [5, 5.41) is 0.323. The average Bonchev–Trinajstić information content (AvgIpc) is 2.67. The Morgan fingerprint density at radius 2 is 1.68 bits per heavy atom. The van der Waals surface area contributed by atoms with Gasteiger partial charge >= 0.3 is 0 Å². The van der Waals surface area contributed by atoms with Crippen molar-refractivity contribution < 1.29 is 13.2 Å². The molecular weight excluding hydrogens is 394 g/mol. The lowest BCUT2D eigenvalue weighted by Gasteiger charge is -2.22. The van der Waals surface area contributed by atoms with Crippen LogP contribution in [0.25, 0.3) is 0 Å². The van der Waals surface area contributed by atoms with Gasteiger partial charge in [0.25, 0.3) is 0 Å². The van der Waals surface area contributed by atoms with E-state index in [-0.39, 0.29) is 10.6 Å². The predicted molar refractivity (Wildman–Crippen MR) is 113 cm³/mol. The number of aryl methyl sites for hydroxylation is 2. The van der Waals surface area contributed by atoms with E-state index in [1.807, 2.05) is 62.4 Å². The number of methoxy groups -OCH3 is 1. The molecule has 0 amide bonds. The monoisotopic (exact) mass is 415 g/mol. The fourth-order valence-electron chi connectivity index (χ4n) is 3.19. The second-order valence-electron chi connectivity index (χ2n) is 6.62. The molecule has 0 aliphatic rings. The summed E-state index contributed by atoms with van der Waals surface area (Å²) in [4.78, 5) is 0.00759. The van der Waals surface area contributed by atoms with Gasteiger partial charge in [0.2, 0.25) is 10.0 Å². The largest absolute Gasteiger partial charge is 0.495 e. The van der Waals surface area contributed by atoms with Crippen LogP contribution in [0.5, 0.6) is 5.75 Å². The first-order chi connectivity index (χ1) is 13.3. The average molecular weight is 416 g/mol. The number of nitrogens with one attached hydrogen (secondary N) is 1. The molecule has 0 aromatic heterocycles. The molecule has 0 aliphatic carbocycles. The SMILES string of the molecule is COc1ccc(Cl)cc1S(=O)(=O)NC(c1ccccc1)c1ccc(C)cc1C. The van der Waals surface area contributed by atoms with Gasteiger partial charge in [0.1, 0.15) is 10.6 Å². The molecule has 3 aromatic rings. The zero-order chi connectivity index (χ0) is 20.3. The van der Waals surface area contributed by atoms with Crippen molar-refractivity contribution in [2.75, 3.05) is 7.11 Å². The minimum absolute atomic E-state index is 0.00759. The van der Waals surface area contributed by atoms with Crippen LogP contribution in [0.15, 0.2) is 71.6 Å². The van der Waals surface area contributed by atoms with E-state index in [0.717, 1.165) is 22.3 Å². The molecule has 0 bridgehead atoms. The van der Waals surface area contributed by atoms with E-state index in [1.54, 1.807) is 12.1 Å². The Balaban J connectivity index is 2.11. The Bertz CT molecular complexity index is 1080. The molecule has 0 saturated heterocycles. The van der Waals surface area contributed by atoms with E-state index in [9.17, 15) is 8.42 Å². The van der Waals surface area contributed by atoms with Gasteiger partial charge in [-0.3, -0.25) is 0 Å². The van der Waals surface area contributed by atoms with E-state index in [2.05, 4.69) is 4.72 Å².